The number of nitrogens with one attached hydrogen (secondary N) is 1. The summed E-state index contributed by atoms with van der Waals surface area (Å²) in [6.07, 6.45) is 0. The lowest BCUT2D eigenvalue weighted by atomic mass is 10.1. The molecule has 1 amide bonds. The Morgan fingerprint density at radius 3 is 2.45 bits per heavy atom. The molecule has 1 atom stereocenters. The molecule has 31 heavy (non-hydrogen) atoms. The van der Waals surface area contributed by atoms with E-state index in [1.807, 2.05) is 0 Å². The van der Waals surface area contributed by atoms with E-state index < -0.39 is 29.6 Å². The summed E-state index contributed by atoms with van der Waals surface area (Å²) in [4.78, 5) is 23.8. The summed E-state index contributed by atoms with van der Waals surface area (Å²) in [6, 6.07) is 13.1. The number of rotatable bonds is 7. The zero-order valence-electron chi connectivity index (χ0n) is 16.4. The van der Waals surface area contributed by atoms with Gasteiger partial charge in [0.05, 0.1) is 17.2 Å². The van der Waals surface area contributed by atoms with Crippen LogP contribution < -0.4 is 10.1 Å². The highest BCUT2D eigenvalue weighted by molar-refractivity contribution is 6.31. The first kappa shape index (κ1) is 22.2. The molecule has 0 aliphatic rings. The van der Waals surface area contributed by atoms with Crippen molar-refractivity contribution in [3.8, 4) is 5.75 Å². The van der Waals surface area contributed by atoms with E-state index in [9.17, 15) is 18.4 Å². The topological polar surface area (TPSA) is 75.6 Å². The van der Waals surface area contributed by atoms with Gasteiger partial charge in [0.25, 0.3) is 5.91 Å². The SMILES string of the molecule is CC(NC(=O)c1cc(Cl)ccc1OCc1cc(F)ccc1F)c1ccc(C(=O)O)cc1. The molecular weight excluding hydrogens is 428 g/mol. The van der Waals surface area contributed by atoms with Gasteiger partial charge >= 0.3 is 5.97 Å². The maximum absolute atomic E-state index is 13.8. The third kappa shape index (κ3) is 5.58. The van der Waals surface area contributed by atoms with Crippen LogP contribution in [0.5, 0.6) is 5.75 Å². The van der Waals surface area contributed by atoms with Crippen LogP contribution in [0, 0.1) is 11.6 Å². The molecule has 0 saturated heterocycles. The normalized spacial score (nSPS) is 11.6. The molecule has 3 aromatic rings. The van der Waals surface area contributed by atoms with Gasteiger partial charge in [-0.2, -0.15) is 0 Å². The molecule has 0 aromatic heterocycles. The van der Waals surface area contributed by atoms with Crippen LogP contribution in [0.15, 0.2) is 60.7 Å². The summed E-state index contributed by atoms with van der Waals surface area (Å²) in [5.74, 6) is -2.61. The average molecular weight is 446 g/mol. The van der Waals surface area contributed by atoms with Gasteiger partial charge in [-0.3, -0.25) is 4.79 Å². The van der Waals surface area contributed by atoms with Gasteiger partial charge in [0.1, 0.15) is 24.0 Å². The van der Waals surface area contributed by atoms with Gasteiger partial charge in [0.2, 0.25) is 0 Å². The van der Waals surface area contributed by atoms with Gasteiger partial charge in [-0.25, -0.2) is 13.6 Å². The van der Waals surface area contributed by atoms with Crippen molar-refractivity contribution in [3.05, 3.63) is 99.6 Å². The molecule has 0 radical (unpaired) electrons. The van der Waals surface area contributed by atoms with Crippen molar-refractivity contribution in [2.24, 2.45) is 0 Å². The summed E-state index contributed by atoms with van der Waals surface area (Å²) >= 11 is 6.02. The molecule has 0 fully saturated rings. The van der Waals surface area contributed by atoms with Crippen LogP contribution in [0.1, 0.15) is 44.8 Å². The number of hydrogen-bond acceptors (Lipinski definition) is 3. The second-order valence-electron chi connectivity index (χ2n) is 6.79. The summed E-state index contributed by atoms with van der Waals surface area (Å²) in [5, 5.41) is 12.1. The maximum Gasteiger partial charge on any atom is 0.335 e. The minimum Gasteiger partial charge on any atom is -0.488 e. The highest BCUT2D eigenvalue weighted by Crippen LogP contribution is 2.25. The van der Waals surface area contributed by atoms with E-state index in [4.69, 9.17) is 21.4 Å². The lowest BCUT2D eigenvalue weighted by Crippen LogP contribution is -2.27. The Balaban J connectivity index is 1.76. The fraction of sp³-hybridized carbons (Fsp3) is 0.130. The second kappa shape index (κ2) is 9.57. The first-order chi connectivity index (χ1) is 14.7. The predicted molar refractivity (Wildman–Crippen MR) is 111 cm³/mol. The Labute approximate surface area is 182 Å². The van der Waals surface area contributed by atoms with Crippen LogP contribution in [-0.4, -0.2) is 17.0 Å². The smallest absolute Gasteiger partial charge is 0.335 e. The highest BCUT2D eigenvalue weighted by Gasteiger charge is 2.18. The number of halogens is 3. The van der Waals surface area contributed by atoms with Crippen molar-refractivity contribution in [3.63, 3.8) is 0 Å². The zero-order chi connectivity index (χ0) is 22.5. The molecule has 2 N–H and O–H groups in total. The lowest BCUT2D eigenvalue weighted by molar-refractivity contribution is 0.0696. The van der Waals surface area contributed by atoms with Gasteiger partial charge in [-0.1, -0.05) is 23.7 Å². The van der Waals surface area contributed by atoms with Crippen LogP contribution in [0.25, 0.3) is 0 Å². The van der Waals surface area contributed by atoms with E-state index in [0.29, 0.717) is 10.6 Å². The maximum atomic E-state index is 13.8. The molecule has 0 saturated carbocycles. The summed E-state index contributed by atoms with van der Waals surface area (Å²) in [7, 11) is 0. The Hall–Kier alpha value is -3.45. The van der Waals surface area contributed by atoms with E-state index in [2.05, 4.69) is 5.32 Å². The van der Waals surface area contributed by atoms with Crippen molar-refractivity contribution in [2.75, 3.05) is 0 Å². The van der Waals surface area contributed by atoms with Gasteiger partial charge in [-0.15, -0.1) is 0 Å². The van der Waals surface area contributed by atoms with Gasteiger partial charge < -0.3 is 15.2 Å². The Morgan fingerprint density at radius 2 is 1.77 bits per heavy atom. The van der Waals surface area contributed by atoms with Crippen LogP contribution in [0.2, 0.25) is 5.02 Å². The first-order valence-electron chi connectivity index (χ1n) is 9.25. The van der Waals surface area contributed by atoms with Crippen LogP contribution in [0.3, 0.4) is 0 Å². The first-order valence-corrected chi connectivity index (χ1v) is 9.63. The molecule has 1 unspecified atom stereocenters. The monoisotopic (exact) mass is 445 g/mol. The number of ether oxygens (including phenoxy) is 1. The molecule has 3 aromatic carbocycles. The minimum absolute atomic E-state index is 0.00759. The zero-order valence-corrected chi connectivity index (χ0v) is 17.1. The number of hydrogen-bond donors (Lipinski definition) is 2. The van der Waals surface area contributed by atoms with E-state index in [1.54, 1.807) is 19.1 Å². The number of aromatic carboxylic acids is 1. The van der Waals surface area contributed by atoms with Crippen molar-refractivity contribution >= 4 is 23.5 Å². The lowest BCUT2D eigenvalue weighted by Gasteiger charge is -2.17. The number of carbonyl (C=O) groups is 2. The average Bonchev–Trinajstić information content (AvgIpc) is 2.75. The molecule has 160 valence electrons. The van der Waals surface area contributed by atoms with Gasteiger partial charge in [0, 0.05) is 10.6 Å². The molecular formula is C23H18ClF2NO4. The molecule has 3 rings (SSSR count). The van der Waals surface area contributed by atoms with Crippen LogP contribution in [-0.2, 0) is 6.61 Å². The number of carbonyl (C=O) groups excluding carboxylic acids is 1. The highest BCUT2D eigenvalue weighted by atomic mass is 35.5. The standard InChI is InChI=1S/C23H18ClF2NO4/c1-13(14-2-4-15(5-3-14)23(29)30)27-22(28)19-11-17(24)6-9-21(19)31-12-16-10-18(25)7-8-20(16)26/h2-11,13H,12H2,1H3,(H,27,28)(H,29,30). The fourth-order valence-corrected chi connectivity index (χ4v) is 3.06. The van der Waals surface area contributed by atoms with Gasteiger partial charge in [0.15, 0.2) is 0 Å². The number of carboxylic acid groups (broad SMARTS) is 1. The van der Waals surface area contributed by atoms with E-state index >= 15 is 0 Å². The van der Waals surface area contributed by atoms with Crippen molar-refractivity contribution in [1.82, 2.24) is 5.32 Å². The third-order valence-corrected chi connectivity index (χ3v) is 4.82. The predicted octanol–water partition coefficient (Wildman–Crippen LogP) is 5.39. The Bertz CT molecular complexity index is 1120. The van der Waals surface area contributed by atoms with Crippen molar-refractivity contribution < 1.29 is 28.2 Å². The molecule has 0 heterocycles. The van der Waals surface area contributed by atoms with Crippen molar-refractivity contribution in [2.45, 2.75) is 19.6 Å². The number of carboxylic acids is 1. The van der Waals surface area contributed by atoms with Gasteiger partial charge in [-0.05, 0) is 61.0 Å². The Kier molecular flexibility index (Phi) is 6.87. The molecule has 5 nitrogen and oxygen atoms in total. The number of amides is 1. The summed E-state index contributed by atoms with van der Waals surface area (Å²) in [5.41, 5.74) is 0.966. The summed E-state index contributed by atoms with van der Waals surface area (Å²) in [6.45, 7) is 1.46. The summed E-state index contributed by atoms with van der Waals surface area (Å²) < 4.78 is 32.8. The van der Waals surface area contributed by atoms with Crippen LogP contribution in [0.4, 0.5) is 8.78 Å². The van der Waals surface area contributed by atoms with Crippen LogP contribution >= 0.6 is 11.6 Å². The van der Waals surface area contributed by atoms with E-state index in [0.717, 1.165) is 18.2 Å². The van der Waals surface area contributed by atoms with E-state index in [1.165, 1.54) is 30.3 Å². The third-order valence-electron chi connectivity index (χ3n) is 4.58. The molecule has 0 spiro atoms. The van der Waals surface area contributed by atoms with Crippen molar-refractivity contribution in [1.29, 1.82) is 0 Å². The quantitative estimate of drug-likeness (QED) is 0.511. The second-order valence-corrected chi connectivity index (χ2v) is 7.22. The Morgan fingerprint density at radius 1 is 1.06 bits per heavy atom. The minimum atomic E-state index is -1.04. The number of benzene rings is 3. The molecule has 0 bridgehead atoms. The fourth-order valence-electron chi connectivity index (χ4n) is 2.89. The molecule has 0 aliphatic carbocycles. The molecule has 8 heteroatoms. The van der Waals surface area contributed by atoms with E-state index in [-0.39, 0.29) is 29.0 Å². The molecule has 0 aliphatic heterocycles. The largest absolute Gasteiger partial charge is 0.488 e.